The quantitative estimate of drug-likeness (QED) is 0.884. The Morgan fingerprint density at radius 1 is 1.44 bits per heavy atom. The molecule has 0 heterocycles. The minimum Gasteiger partial charge on any atom is -0.330 e. The van der Waals surface area contributed by atoms with Crippen LogP contribution in [0.4, 0.5) is 4.39 Å². The Kier molecular flexibility index (Phi) is 3.10. The van der Waals surface area contributed by atoms with Crippen molar-refractivity contribution < 1.29 is 4.39 Å². The highest BCUT2D eigenvalue weighted by Crippen LogP contribution is 2.47. The van der Waals surface area contributed by atoms with Crippen molar-refractivity contribution in [2.24, 2.45) is 5.73 Å². The average Bonchev–Trinajstić information content (AvgIpc) is 2.56. The molecule has 0 saturated heterocycles. The van der Waals surface area contributed by atoms with Crippen molar-refractivity contribution in [1.82, 2.24) is 0 Å². The van der Waals surface area contributed by atoms with Gasteiger partial charge in [-0.1, -0.05) is 28.1 Å². The fraction of sp³-hybridized carbons (Fsp3) is 0.538. The normalized spacial score (nSPS) is 34.2. The van der Waals surface area contributed by atoms with Crippen LogP contribution in [0.5, 0.6) is 0 Å². The summed E-state index contributed by atoms with van der Waals surface area (Å²) in [4.78, 5) is 0. The summed E-state index contributed by atoms with van der Waals surface area (Å²) in [6.45, 7) is 2.20. The third-order valence-electron chi connectivity index (χ3n) is 3.66. The predicted molar refractivity (Wildman–Crippen MR) is 68.2 cm³/mol. The van der Waals surface area contributed by atoms with E-state index in [0.717, 1.165) is 16.5 Å². The Labute approximate surface area is 104 Å². The van der Waals surface area contributed by atoms with Gasteiger partial charge in [-0.2, -0.15) is 0 Å². The van der Waals surface area contributed by atoms with Crippen LogP contribution in [0.1, 0.15) is 31.7 Å². The predicted octanol–water partition coefficient (Wildman–Crippen LogP) is 3.56. The second-order valence-electron chi connectivity index (χ2n) is 5.08. The van der Waals surface area contributed by atoms with Gasteiger partial charge < -0.3 is 5.73 Å². The molecule has 16 heavy (non-hydrogen) atoms. The van der Waals surface area contributed by atoms with E-state index in [1.807, 2.05) is 12.1 Å². The van der Waals surface area contributed by atoms with Gasteiger partial charge in [0.25, 0.3) is 0 Å². The fourth-order valence-corrected chi connectivity index (χ4v) is 3.14. The maximum atomic E-state index is 14.0. The van der Waals surface area contributed by atoms with E-state index < -0.39 is 5.67 Å². The third kappa shape index (κ3) is 2.16. The molecule has 2 rings (SSSR count). The van der Waals surface area contributed by atoms with Crippen LogP contribution in [0.25, 0.3) is 0 Å². The lowest BCUT2D eigenvalue weighted by Crippen LogP contribution is -2.34. The van der Waals surface area contributed by atoms with Crippen LogP contribution in [0.2, 0.25) is 0 Å². The van der Waals surface area contributed by atoms with Gasteiger partial charge in [0, 0.05) is 16.4 Å². The Bertz CT molecular complexity index is 391. The van der Waals surface area contributed by atoms with E-state index in [9.17, 15) is 4.39 Å². The maximum absolute atomic E-state index is 14.0. The first kappa shape index (κ1) is 12.1. The Balaban J connectivity index is 2.36. The average molecular weight is 286 g/mol. The number of halogens is 2. The molecule has 1 nitrogen and oxygen atoms in total. The highest BCUT2D eigenvalue weighted by molar-refractivity contribution is 9.10. The van der Waals surface area contributed by atoms with Crippen molar-refractivity contribution in [2.45, 2.75) is 37.3 Å². The van der Waals surface area contributed by atoms with E-state index in [2.05, 4.69) is 28.1 Å². The summed E-state index contributed by atoms with van der Waals surface area (Å²) >= 11 is 3.46. The van der Waals surface area contributed by atoms with Crippen LogP contribution >= 0.6 is 15.9 Å². The van der Waals surface area contributed by atoms with Crippen molar-refractivity contribution >= 4 is 15.9 Å². The molecular formula is C13H17BrFN. The minimum absolute atomic E-state index is 0.173. The van der Waals surface area contributed by atoms with E-state index >= 15 is 0 Å². The molecule has 0 aromatic heterocycles. The van der Waals surface area contributed by atoms with Gasteiger partial charge in [-0.25, -0.2) is 4.39 Å². The van der Waals surface area contributed by atoms with Crippen LogP contribution in [0.3, 0.4) is 0 Å². The number of rotatable bonds is 2. The minimum atomic E-state index is -1.07. The monoisotopic (exact) mass is 285 g/mol. The van der Waals surface area contributed by atoms with E-state index in [1.54, 1.807) is 6.92 Å². The first-order valence-corrected chi connectivity index (χ1v) is 6.42. The van der Waals surface area contributed by atoms with E-state index in [-0.39, 0.29) is 5.41 Å². The molecule has 0 aliphatic heterocycles. The molecule has 2 unspecified atom stereocenters. The number of alkyl halides is 1. The lowest BCUT2D eigenvalue weighted by Gasteiger charge is -2.29. The number of hydrogen-bond donors (Lipinski definition) is 1. The van der Waals surface area contributed by atoms with Crippen LogP contribution in [0, 0.1) is 0 Å². The Morgan fingerprint density at radius 3 is 2.69 bits per heavy atom. The SMILES string of the molecule is CC1(F)CCC(CN)(c2cccc(Br)c2)C1. The lowest BCUT2D eigenvalue weighted by molar-refractivity contribution is 0.187. The molecule has 2 N–H and O–H groups in total. The van der Waals surface area contributed by atoms with Gasteiger partial charge >= 0.3 is 0 Å². The summed E-state index contributed by atoms with van der Waals surface area (Å²) in [6, 6.07) is 8.09. The van der Waals surface area contributed by atoms with Gasteiger partial charge in [-0.3, -0.25) is 0 Å². The fourth-order valence-electron chi connectivity index (χ4n) is 2.74. The van der Waals surface area contributed by atoms with Crippen molar-refractivity contribution in [3.05, 3.63) is 34.3 Å². The molecule has 1 aliphatic rings. The molecule has 0 bridgehead atoms. The number of hydrogen-bond acceptors (Lipinski definition) is 1. The standard InChI is InChI=1S/C13H17BrFN/c1-12(15)5-6-13(8-12,9-16)10-3-2-4-11(14)7-10/h2-4,7H,5-6,8-9,16H2,1H3. The zero-order valence-corrected chi connectivity index (χ0v) is 11.1. The smallest absolute Gasteiger partial charge is 0.109 e. The summed E-state index contributed by atoms with van der Waals surface area (Å²) in [6.07, 6.45) is 1.98. The van der Waals surface area contributed by atoms with Gasteiger partial charge in [-0.05, 0) is 43.9 Å². The first-order chi connectivity index (χ1) is 7.47. The Morgan fingerprint density at radius 2 is 2.19 bits per heavy atom. The van der Waals surface area contributed by atoms with Crippen LogP contribution in [0.15, 0.2) is 28.7 Å². The second-order valence-corrected chi connectivity index (χ2v) is 6.00. The summed E-state index contributed by atoms with van der Waals surface area (Å²) in [5, 5.41) is 0. The van der Waals surface area contributed by atoms with Gasteiger partial charge in [-0.15, -0.1) is 0 Å². The van der Waals surface area contributed by atoms with E-state index in [0.29, 0.717) is 19.4 Å². The second kappa shape index (κ2) is 4.11. The van der Waals surface area contributed by atoms with Crippen molar-refractivity contribution in [3.63, 3.8) is 0 Å². The molecule has 1 aromatic carbocycles. The molecule has 1 saturated carbocycles. The third-order valence-corrected chi connectivity index (χ3v) is 4.15. The van der Waals surface area contributed by atoms with Crippen molar-refractivity contribution in [1.29, 1.82) is 0 Å². The molecule has 2 atom stereocenters. The lowest BCUT2D eigenvalue weighted by atomic mass is 9.78. The summed E-state index contributed by atoms with van der Waals surface area (Å²) in [5.41, 5.74) is 5.81. The number of benzene rings is 1. The summed E-state index contributed by atoms with van der Waals surface area (Å²) in [5.74, 6) is 0. The van der Waals surface area contributed by atoms with Gasteiger partial charge in [0.2, 0.25) is 0 Å². The summed E-state index contributed by atoms with van der Waals surface area (Å²) < 4.78 is 15.0. The van der Waals surface area contributed by atoms with Crippen LogP contribution < -0.4 is 5.73 Å². The molecule has 88 valence electrons. The molecule has 3 heteroatoms. The highest BCUT2D eigenvalue weighted by Gasteiger charge is 2.46. The van der Waals surface area contributed by atoms with Crippen molar-refractivity contribution in [3.8, 4) is 0 Å². The molecule has 1 fully saturated rings. The molecule has 1 aliphatic carbocycles. The Hall–Kier alpha value is -0.410. The topological polar surface area (TPSA) is 26.0 Å². The highest BCUT2D eigenvalue weighted by atomic mass is 79.9. The largest absolute Gasteiger partial charge is 0.330 e. The molecule has 0 amide bonds. The van der Waals surface area contributed by atoms with Gasteiger partial charge in [0.05, 0.1) is 0 Å². The molecule has 0 spiro atoms. The molecular weight excluding hydrogens is 269 g/mol. The first-order valence-electron chi connectivity index (χ1n) is 5.63. The zero-order valence-electron chi connectivity index (χ0n) is 9.47. The number of nitrogens with two attached hydrogens (primary N) is 1. The van der Waals surface area contributed by atoms with Crippen LogP contribution in [-0.4, -0.2) is 12.2 Å². The van der Waals surface area contributed by atoms with Crippen LogP contribution in [-0.2, 0) is 5.41 Å². The van der Waals surface area contributed by atoms with E-state index in [1.165, 1.54) is 0 Å². The molecule has 1 aromatic rings. The molecule has 0 radical (unpaired) electrons. The van der Waals surface area contributed by atoms with Gasteiger partial charge in [0.15, 0.2) is 0 Å². The summed E-state index contributed by atoms with van der Waals surface area (Å²) in [7, 11) is 0. The van der Waals surface area contributed by atoms with Crippen molar-refractivity contribution in [2.75, 3.05) is 6.54 Å². The zero-order chi connectivity index (χ0) is 11.8. The van der Waals surface area contributed by atoms with Gasteiger partial charge in [0.1, 0.15) is 5.67 Å². The van der Waals surface area contributed by atoms with E-state index in [4.69, 9.17) is 5.73 Å². The maximum Gasteiger partial charge on any atom is 0.109 e.